The quantitative estimate of drug-likeness (QED) is 0.491. The molecule has 0 spiro atoms. The molecule has 8 heteroatoms. The molecule has 0 aliphatic carbocycles. The molecular formula is C21H19BrClN5O. The highest BCUT2D eigenvalue weighted by Crippen LogP contribution is 2.27. The first-order chi connectivity index (χ1) is 14.1. The summed E-state index contributed by atoms with van der Waals surface area (Å²) < 4.78 is 2.40. The van der Waals surface area contributed by atoms with Gasteiger partial charge in [-0.2, -0.15) is 0 Å². The Morgan fingerprint density at radius 2 is 1.76 bits per heavy atom. The zero-order chi connectivity index (χ0) is 20.0. The van der Waals surface area contributed by atoms with Crippen LogP contribution in [0.25, 0.3) is 16.6 Å². The van der Waals surface area contributed by atoms with Crippen LogP contribution in [-0.2, 0) is 6.54 Å². The van der Waals surface area contributed by atoms with Crippen molar-refractivity contribution in [2.75, 3.05) is 31.1 Å². The van der Waals surface area contributed by atoms with Gasteiger partial charge in [-0.05, 0) is 40.2 Å². The predicted octanol–water partition coefficient (Wildman–Crippen LogP) is 3.91. The molecular weight excluding hydrogens is 454 g/mol. The van der Waals surface area contributed by atoms with Crippen molar-refractivity contribution in [1.82, 2.24) is 19.3 Å². The summed E-state index contributed by atoms with van der Waals surface area (Å²) in [7, 11) is 0. The molecule has 0 bridgehead atoms. The highest BCUT2D eigenvalue weighted by Gasteiger charge is 2.22. The molecule has 29 heavy (non-hydrogen) atoms. The molecule has 1 N–H and O–H groups in total. The first-order valence-electron chi connectivity index (χ1n) is 9.51. The standard InChI is InChI=1S/C21H19BrClN5O/c22-19-18(28-20(25-19)14-5-1-3-7-16(14)24-21(28)29)13-26-9-11-27(12-10-26)17-8-4-2-6-15(17)23/h1-8H,9-13H2,(H,24,29). The molecule has 1 aliphatic rings. The Labute approximate surface area is 180 Å². The van der Waals surface area contributed by atoms with Gasteiger partial charge >= 0.3 is 5.69 Å². The normalized spacial score (nSPS) is 15.4. The number of piperazine rings is 1. The minimum absolute atomic E-state index is 0.165. The first-order valence-corrected chi connectivity index (χ1v) is 10.7. The summed E-state index contributed by atoms with van der Waals surface area (Å²) in [5, 5.41) is 1.71. The van der Waals surface area contributed by atoms with E-state index in [4.69, 9.17) is 11.6 Å². The number of fused-ring (bicyclic) bond motifs is 3. The summed E-state index contributed by atoms with van der Waals surface area (Å²) in [4.78, 5) is 25.0. The molecule has 6 nitrogen and oxygen atoms in total. The highest BCUT2D eigenvalue weighted by molar-refractivity contribution is 9.10. The van der Waals surface area contributed by atoms with Crippen LogP contribution in [0.1, 0.15) is 5.69 Å². The fourth-order valence-corrected chi connectivity index (χ4v) is 4.71. The van der Waals surface area contributed by atoms with Gasteiger partial charge in [-0.1, -0.05) is 35.9 Å². The molecule has 2 aromatic heterocycles. The second kappa shape index (κ2) is 7.48. The first kappa shape index (κ1) is 18.7. The summed E-state index contributed by atoms with van der Waals surface area (Å²) in [5.41, 5.74) is 3.26. The second-order valence-electron chi connectivity index (χ2n) is 7.20. The Hall–Kier alpha value is -2.35. The van der Waals surface area contributed by atoms with E-state index >= 15 is 0 Å². The van der Waals surface area contributed by atoms with E-state index in [0.29, 0.717) is 16.8 Å². The number of anilines is 1. The Morgan fingerprint density at radius 3 is 2.55 bits per heavy atom. The third kappa shape index (κ3) is 3.33. The minimum atomic E-state index is -0.165. The van der Waals surface area contributed by atoms with Gasteiger partial charge in [-0.15, -0.1) is 0 Å². The Balaban J connectivity index is 1.42. The fraction of sp³-hybridized carbons (Fsp3) is 0.238. The van der Waals surface area contributed by atoms with E-state index in [1.807, 2.05) is 42.5 Å². The Bertz CT molecular complexity index is 1260. The fourth-order valence-electron chi connectivity index (χ4n) is 3.99. The number of hydrogen-bond acceptors (Lipinski definition) is 4. The van der Waals surface area contributed by atoms with Gasteiger partial charge in [0.2, 0.25) is 0 Å². The largest absolute Gasteiger partial charge is 0.368 e. The van der Waals surface area contributed by atoms with Crippen LogP contribution in [0, 0.1) is 0 Å². The van der Waals surface area contributed by atoms with Crippen molar-refractivity contribution in [3.05, 3.63) is 74.3 Å². The van der Waals surface area contributed by atoms with E-state index in [1.165, 1.54) is 0 Å². The van der Waals surface area contributed by atoms with E-state index < -0.39 is 0 Å². The third-order valence-corrected chi connectivity index (χ3v) is 6.43. The van der Waals surface area contributed by atoms with Crippen LogP contribution in [0.4, 0.5) is 5.69 Å². The monoisotopic (exact) mass is 471 g/mol. The average molecular weight is 473 g/mol. The molecule has 148 valence electrons. The lowest BCUT2D eigenvalue weighted by Crippen LogP contribution is -2.46. The SMILES string of the molecule is O=c1[nH]c2ccccc2c2nc(Br)c(CN3CCN(c4ccccc4Cl)CC3)n12. The third-order valence-electron chi connectivity index (χ3n) is 5.48. The van der Waals surface area contributed by atoms with Gasteiger partial charge in [0.1, 0.15) is 4.60 Å². The van der Waals surface area contributed by atoms with Gasteiger partial charge in [0.25, 0.3) is 0 Å². The summed E-state index contributed by atoms with van der Waals surface area (Å²) in [6.07, 6.45) is 0. The maximum absolute atomic E-state index is 12.7. The van der Waals surface area contributed by atoms with Gasteiger partial charge < -0.3 is 9.88 Å². The van der Waals surface area contributed by atoms with E-state index in [1.54, 1.807) is 4.40 Å². The Kier molecular flexibility index (Phi) is 4.81. The molecule has 0 radical (unpaired) electrons. The second-order valence-corrected chi connectivity index (χ2v) is 8.36. The number of rotatable bonds is 3. The van der Waals surface area contributed by atoms with Gasteiger partial charge in [-0.3, -0.25) is 4.90 Å². The molecule has 5 rings (SSSR count). The van der Waals surface area contributed by atoms with Gasteiger partial charge in [0.15, 0.2) is 5.65 Å². The predicted molar refractivity (Wildman–Crippen MR) is 120 cm³/mol. The van der Waals surface area contributed by atoms with Crippen LogP contribution in [0.2, 0.25) is 5.02 Å². The van der Waals surface area contributed by atoms with Gasteiger partial charge in [0, 0.05) is 38.1 Å². The van der Waals surface area contributed by atoms with Crippen molar-refractivity contribution in [3.63, 3.8) is 0 Å². The lowest BCUT2D eigenvalue weighted by Gasteiger charge is -2.36. The van der Waals surface area contributed by atoms with Crippen molar-refractivity contribution in [1.29, 1.82) is 0 Å². The molecule has 1 fully saturated rings. The van der Waals surface area contributed by atoms with Crippen LogP contribution in [0.15, 0.2) is 57.9 Å². The number of hydrogen-bond donors (Lipinski definition) is 1. The van der Waals surface area contributed by atoms with Gasteiger partial charge in [0.05, 0.1) is 21.9 Å². The van der Waals surface area contributed by atoms with Crippen molar-refractivity contribution in [2.24, 2.45) is 0 Å². The summed E-state index contributed by atoms with van der Waals surface area (Å²) in [6.45, 7) is 4.20. The van der Waals surface area contributed by atoms with Crippen LogP contribution in [0.3, 0.4) is 0 Å². The lowest BCUT2D eigenvalue weighted by atomic mass is 10.2. The summed E-state index contributed by atoms with van der Waals surface area (Å²) in [5.74, 6) is 0. The topological polar surface area (TPSA) is 56.6 Å². The highest BCUT2D eigenvalue weighted by atomic mass is 79.9. The lowest BCUT2D eigenvalue weighted by molar-refractivity contribution is 0.246. The number of nitrogens with zero attached hydrogens (tertiary/aromatic N) is 4. The van der Waals surface area contributed by atoms with Crippen molar-refractivity contribution < 1.29 is 0 Å². The molecule has 0 amide bonds. The summed E-state index contributed by atoms with van der Waals surface area (Å²) in [6, 6.07) is 15.7. The van der Waals surface area contributed by atoms with Crippen LogP contribution in [0.5, 0.6) is 0 Å². The molecule has 0 unspecified atom stereocenters. The molecule has 0 saturated carbocycles. The average Bonchev–Trinajstić information content (AvgIpc) is 3.06. The number of imidazole rings is 1. The van der Waals surface area contributed by atoms with Crippen LogP contribution in [-0.4, -0.2) is 45.4 Å². The number of H-pyrrole nitrogens is 1. The minimum Gasteiger partial charge on any atom is -0.368 e. The van der Waals surface area contributed by atoms with Crippen molar-refractivity contribution >= 4 is 49.8 Å². The number of benzene rings is 2. The van der Waals surface area contributed by atoms with E-state index in [-0.39, 0.29) is 5.69 Å². The Morgan fingerprint density at radius 1 is 1.03 bits per heavy atom. The zero-order valence-corrected chi connectivity index (χ0v) is 17.9. The van der Waals surface area contributed by atoms with E-state index in [0.717, 1.165) is 53.5 Å². The molecule has 2 aromatic carbocycles. The number of aromatic amines is 1. The number of para-hydroxylation sites is 2. The molecule has 4 aromatic rings. The zero-order valence-electron chi connectivity index (χ0n) is 15.6. The number of halogens is 2. The van der Waals surface area contributed by atoms with Crippen molar-refractivity contribution in [3.8, 4) is 0 Å². The van der Waals surface area contributed by atoms with E-state index in [9.17, 15) is 4.79 Å². The maximum Gasteiger partial charge on any atom is 0.332 e. The van der Waals surface area contributed by atoms with Crippen molar-refractivity contribution in [2.45, 2.75) is 6.54 Å². The number of nitrogens with one attached hydrogen (secondary N) is 1. The van der Waals surface area contributed by atoms with Crippen LogP contribution >= 0.6 is 27.5 Å². The van der Waals surface area contributed by atoms with Crippen LogP contribution < -0.4 is 10.6 Å². The van der Waals surface area contributed by atoms with Gasteiger partial charge in [-0.25, -0.2) is 14.2 Å². The molecule has 1 saturated heterocycles. The summed E-state index contributed by atoms with van der Waals surface area (Å²) >= 11 is 9.92. The van der Waals surface area contributed by atoms with E-state index in [2.05, 4.69) is 41.8 Å². The maximum atomic E-state index is 12.7. The molecule has 0 atom stereocenters. The smallest absolute Gasteiger partial charge is 0.332 e. The molecule has 1 aliphatic heterocycles. The number of aromatic nitrogens is 3. The molecule has 3 heterocycles.